The summed E-state index contributed by atoms with van der Waals surface area (Å²) in [5, 5.41) is 3.84. The Balaban J connectivity index is 1.47. The van der Waals surface area contributed by atoms with Crippen molar-refractivity contribution in [2.75, 3.05) is 20.6 Å². The molecule has 0 bridgehead atoms. The highest BCUT2D eigenvalue weighted by atomic mass is 15.2. The first-order valence-corrected chi connectivity index (χ1v) is 8.15. The molecule has 2 saturated carbocycles. The molecule has 2 aliphatic carbocycles. The van der Waals surface area contributed by atoms with Gasteiger partial charge in [-0.05, 0) is 51.3 Å². The first kappa shape index (κ1) is 14.1. The number of nitrogens with zero attached hydrogens (tertiary/aromatic N) is 1. The zero-order chi connectivity index (χ0) is 14.0. The summed E-state index contributed by atoms with van der Waals surface area (Å²) in [4.78, 5) is 2.46. The van der Waals surface area contributed by atoms with Crippen molar-refractivity contribution >= 4 is 0 Å². The summed E-state index contributed by atoms with van der Waals surface area (Å²) in [6.45, 7) is 1.17. The maximum atomic E-state index is 3.84. The molecule has 0 spiro atoms. The Morgan fingerprint density at radius 2 is 1.75 bits per heavy atom. The number of likely N-dealkylation sites (N-methyl/N-ethyl adjacent to an activating group) is 1. The molecular weight excluding hydrogens is 244 g/mol. The molecule has 1 aromatic rings. The molecule has 3 rings (SSSR count). The molecule has 0 atom stereocenters. The van der Waals surface area contributed by atoms with E-state index in [0.29, 0.717) is 5.54 Å². The highest BCUT2D eigenvalue weighted by Crippen LogP contribution is 2.38. The lowest BCUT2D eigenvalue weighted by Crippen LogP contribution is -2.53. The molecular formula is C18H28N2. The Morgan fingerprint density at radius 3 is 2.35 bits per heavy atom. The zero-order valence-corrected chi connectivity index (χ0v) is 12.9. The van der Waals surface area contributed by atoms with Crippen molar-refractivity contribution < 1.29 is 0 Å². The maximum absolute atomic E-state index is 3.84. The Morgan fingerprint density at radius 1 is 1.10 bits per heavy atom. The van der Waals surface area contributed by atoms with Crippen LogP contribution in [0.1, 0.15) is 50.0 Å². The predicted octanol–water partition coefficient (Wildman–Crippen LogP) is 3.40. The molecule has 1 aromatic carbocycles. The lowest BCUT2D eigenvalue weighted by molar-refractivity contribution is 0.138. The third-order valence-corrected chi connectivity index (χ3v) is 5.61. The Bertz CT molecular complexity index is 414. The molecule has 0 amide bonds. The van der Waals surface area contributed by atoms with E-state index in [-0.39, 0.29) is 0 Å². The van der Waals surface area contributed by atoms with Crippen molar-refractivity contribution in [3.05, 3.63) is 35.9 Å². The lowest BCUT2D eigenvalue weighted by atomic mass is 9.75. The summed E-state index contributed by atoms with van der Waals surface area (Å²) in [6, 6.07) is 11.7. The van der Waals surface area contributed by atoms with Gasteiger partial charge in [-0.1, -0.05) is 43.2 Å². The minimum Gasteiger partial charge on any atom is -0.312 e. The molecule has 0 heterocycles. The Labute approximate surface area is 123 Å². The van der Waals surface area contributed by atoms with Crippen LogP contribution >= 0.6 is 0 Å². The van der Waals surface area contributed by atoms with Crippen molar-refractivity contribution in [2.24, 2.45) is 0 Å². The fourth-order valence-electron chi connectivity index (χ4n) is 3.93. The minimum atomic E-state index is 0.428. The van der Waals surface area contributed by atoms with Crippen LogP contribution < -0.4 is 5.32 Å². The van der Waals surface area contributed by atoms with E-state index in [0.717, 1.165) is 12.0 Å². The Kier molecular flexibility index (Phi) is 4.13. The van der Waals surface area contributed by atoms with Gasteiger partial charge in [0.1, 0.15) is 0 Å². The fraction of sp³-hybridized carbons (Fsp3) is 0.667. The second kappa shape index (κ2) is 5.87. The van der Waals surface area contributed by atoms with E-state index in [4.69, 9.17) is 0 Å². The van der Waals surface area contributed by atoms with Gasteiger partial charge >= 0.3 is 0 Å². The van der Waals surface area contributed by atoms with E-state index >= 15 is 0 Å². The van der Waals surface area contributed by atoms with Gasteiger partial charge in [0, 0.05) is 18.1 Å². The normalized spacial score (nSPS) is 28.6. The predicted molar refractivity (Wildman–Crippen MR) is 85.1 cm³/mol. The molecule has 0 radical (unpaired) electrons. The van der Waals surface area contributed by atoms with Gasteiger partial charge in [-0.15, -0.1) is 0 Å². The van der Waals surface area contributed by atoms with Crippen LogP contribution in [0.2, 0.25) is 0 Å². The topological polar surface area (TPSA) is 15.3 Å². The molecule has 2 fully saturated rings. The molecule has 2 nitrogen and oxygen atoms in total. The standard InChI is InChI=1S/C18H28N2/c1-20(2)18(10-6-7-11-18)14-19-17-12-16(13-17)15-8-4-3-5-9-15/h3-5,8-9,16-17,19H,6-7,10-14H2,1-2H3. The van der Waals surface area contributed by atoms with Crippen molar-refractivity contribution in [2.45, 2.75) is 56.0 Å². The van der Waals surface area contributed by atoms with E-state index in [1.54, 1.807) is 0 Å². The van der Waals surface area contributed by atoms with Gasteiger partial charge in [0.25, 0.3) is 0 Å². The summed E-state index contributed by atoms with van der Waals surface area (Å²) in [5.74, 6) is 0.785. The third kappa shape index (κ3) is 2.77. The quantitative estimate of drug-likeness (QED) is 0.884. The summed E-state index contributed by atoms with van der Waals surface area (Å²) in [6.07, 6.45) is 8.15. The van der Waals surface area contributed by atoms with Crippen LogP contribution in [0.5, 0.6) is 0 Å². The van der Waals surface area contributed by atoms with E-state index in [9.17, 15) is 0 Å². The first-order chi connectivity index (χ1) is 9.70. The fourth-order valence-corrected chi connectivity index (χ4v) is 3.93. The van der Waals surface area contributed by atoms with E-state index in [2.05, 4.69) is 54.6 Å². The van der Waals surface area contributed by atoms with Crippen molar-refractivity contribution in [1.82, 2.24) is 10.2 Å². The zero-order valence-electron chi connectivity index (χ0n) is 12.9. The number of benzene rings is 1. The minimum absolute atomic E-state index is 0.428. The second-order valence-electron chi connectivity index (χ2n) is 6.98. The van der Waals surface area contributed by atoms with E-state index in [1.165, 1.54) is 50.6 Å². The van der Waals surface area contributed by atoms with Crippen molar-refractivity contribution in [3.8, 4) is 0 Å². The van der Waals surface area contributed by atoms with Crippen LogP contribution in [0.3, 0.4) is 0 Å². The maximum Gasteiger partial charge on any atom is 0.0327 e. The summed E-state index contributed by atoms with van der Waals surface area (Å²) >= 11 is 0. The number of rotatable bonds is 5. The van der Waals surface area contributed by atoms with Crippen LogP contribution in [-0.4, -0.2) is 37.1 Å². The van der Waals surface area contributed by atoms with Crippen LogP contribution in [0, 0.1) is 0 Å². The number of hydrogen-bond donors (Lipinski definition) is 1. The van der Waals surface area contributed by atoms with Gasteiger partial charge in [0.15, 0.2) is 0 Å². The SMILES string of the molecule is CN(C)C1(CNC2CC(c3ccccc3)C2)CCCC1. The van der Waals surface area contributed by atoms with E-state index < -0.39 is 0 Å². The van der Waals surface area contributed by atoms with E-state index in [1.807, 2.05) is 0 Å². The molecule has 110 valence electrons. The second-order valence-corrected chi connectivity index (χ2v) is 6.98. The lowest BCUT2D eigenvalue weighted by Gasteiger charge is -2.42. The van der Waals surface area contributed by atoms with Gasteiger partial charge in [0.2, 0.25) is 0 Å². The molecule has 0 saturated heterocycles. The van der Waals surface area contributed by atoms with Gasteiger partial charge in [-0.3, -0.25) is 0 Å². The summed E-state index contributed by atoms with van der Waals surface area (Å²) < 4.78 is 0. The van der Waals surface area contributed by atoms with Gasteiger partial charge in [0.05, 0.1) is 0 Å². The molecule has 0 aliphatic heterocycles. The molecule has 0 aromatic heterocycles. The largest absolute Gasteiger partial charge is 0.312 e. The van der Waals surface area contributed by atoms with Gasteiger partial charge < -0.3 is 10.2 Å². The highest BCUT2D eigenvalue weighted by molar-refractivity contribution is 5.22. The summed E-state index contributed by atoms with van der Waals surface area (Å²) in [7, 11) is 4.50. The molecule has 2 heteroatoms. The molecule has 0 unspecified atom stereocenters. The molecule has 2 aliphatic rings. The van der Waals surface area contributed by atoms with Crippen LogP contribution in [0.15, 0.2) is 30.3 Å². The number of nitrogens with one attached hydrogen (secondary N) is 1. The van der Waals surface area contributed by atoms with Crippen molar-refractivity contribution in [1.29, 1.82) is 0 Å². The number of hydrogen-bond acceptors (Lipinski definition) is 2. The average molecular weight is 272 g/mol. The third-order valence-electron chi connectivity index (χ3n) is 5.61. The van der Waals surface area contributed by atoms with Gasteiger partial charge in [-0.25, -0.2) is 0 Å². The molecule has 20 heavy (non-hydrogen) atoms. The van der Waals surface area contributed by atoms with Crippen LogP contribution in [-0.2, 0) is 0 Å². The monoisotopic (exact) mass is 272 g/mol. The summed E-state index contributed by atoms with van der Waals surface area (Å²) in [5.41, 5.74) is 1.95. The molecule has 1 N–H and O–H groups in total. The average Bonchev–Trinajstić information content (AvgIpc) is 2.88. The van der Waals surface area contributed by atoms with Crippen LogP contribution in [0.4, 0.5) is 0 Å². The smallest absolute Gasteiger partial charge is 0.0327 e. The Hall–Kier alpha value is -0.860. The van der Waals surface area contributed by atoms with Gasteiger partial charge in [-0.2, -0.15) is 0 Å². The van der Waals surface area contributed by atoms with Crippen LogP contribution in [0.25, 0.3) is 0 Å². The highest BCUT2D eigenvalue weighted by Gasteiger charge is 2.38. The first-order valence-electron chi connectivity index (χ1n) is 8.15. The van der Waals surface area contributed by atoms with Crippen molar-refractivity contribution in [3.63, 3.8) is 0 Å².